The van der Waals surface area contributed by atoms with Crippen LogP contribution in [0, 0.1) is 17.8 Å². The molecule has 0 saturated carbocycles. The highest BCUT2D eigenvalue weighted by Crippen LogP contribution is 2.28. The molecule has 0 saturated heterocycles. The monoisotopic (exact) mass is 290 g/mol. The minimum atomic E-state index is -0.933. The Bertz CT molecular complexity index is 481. The fourth-order valence-electron chi connectivity index (χ4n) is 2.50. The van der Waals surface area contributed by atoms with Crippen LogP contribution in [0.25, 0.3) is 0 Å². The zero-order chi connectivity index (χ0) is 15.8. The van der Waals surface area contributed by atoms with E-state index in [9.17, 15) is 14.4 Å². The number of carbonyl (C=O) groups is 3. The second-order valence-corrected chi connectivity index (χ2v) is 5.03. The van der Waals surface area contributed by atoms with Gasteiger partial charge in [0.15, 0.2) is 5.78 Å². The van der Waals surface area contributed by atoms with E-state index in [0.717, 1.165) is 6.29 Å². The Morgan fingerprint density at radius 1 is 1.19 bits per heavy atom. The summed E-state index contributed by atoms with van der Waals surface area (Å²) in [5.74, 6) is -2.50. The molecule has 0 bridgehead atoms. The average molecular weight is 290 g/mol. The molecule has 4 heteroatoms. The van der Waals surface area contributed by atoms with Crippen LogP contribution in [0.3, 0.4) is 0 Å². The van der Waals surface area contributed by atoms with E-state index in [2.05, 4.69) is 0 Å². The van der Waals surface area contributed by atoms with Gasteiger partial charge < -0.3 is 9.53 Å². The number of ether oxygens (including phenoxy) is 1. The summed E-state index contributed by atoms with van der Waals surface area (Å²) in [6.45, 7) is 5.51. The molecule has 4 nitrogen and oxygen atoms in total. The molecule has 21 heavy (non-hydrogen) atoms. The molecule has 0 N–H and O–H groups in total. The number of rotatable bonds is 8. The van der Waals surface area contributed by atoms with Crippen LogP contribution in [0.1, 0.15) is 37.6 Å². The number of aldehydes is 1. The summed E-state index contributed by atoms with van der Waals surface area (Å²) < 4.78 is 5.05. The molecule has 0 amide bonds. The Kier molecular flexibility index (Phi) is 6.79. The number of esters is 1. The van der Waals surface area contributed by atoms with Gasteiger partial charge in [-0.05, 0) is 12.8 Å². The first-order valence-corrected chi connectivity index (χ1v) is 7.27. The quantitative estimate of drug-likeness (QED) is 0.320. The fraction of sp³-hybridized carbons (Fsp3) is 0.471. The van der Waals surface area contributed by atoms with Crippen molar-refractivity contribution < 1.29 is 19.1 Å². The molecule has 0 spiro atoms. The lowest BCUT2D eigenvalue weighted by atomic mass is 9.77. The summed E-state index contributed by atoms with van der Waals surface area (Å²) in [4.78, 5) is 36.0. The normalized spacial score (nSPS) is 14.8. The van der Waals surface area contributed by atoms with E-state index < -0.39 is 11.9 Å². The van der Waals surface area contributed by atoms with Crippen molar-refractivity contribution in [3.8, 4) is 0 Å². The lowest BCUT2D eigenvalue weighted by Gasteiger charge is -2.26. The number of carbonyl (C=O) groups excluding carboxylic acids is 3. The van der Waals surface area contributed by atoms with Crippen LogP contribution in [-0.4, -0.2) is 24.6 Å². The molecule has 0 aromatic heterocycles. The van der Waals surface area contributed by atoms with Crippen LogP contribution in [-0.2, 0) is 14.3 Å². The van der Waals surface area contributed by atoms with Crippen molar-refractivity contribution in [1.82, 2.24) is 0 Å². The van der Waals surface area contributed by atoms with Crippen molar-refractivity contribution in [2.24, 2.45) is 17.8 Å². The van der Waals surface area contributed by atoms with E-state index >= 15 is 0 Å². The molecule has 0 fully saturated rings. The van der Waals surface area contributed by atoms with Crippen LogP contribution < -0.4 is 0 Å². The number of benzene rings is 1. The van der Waals surface area contributed by atoms with Gasteiger partial charge in [0.25, 0.3) is 0 Å². The zero-order valence-electron chi connectivity index (χ0n) is 12.7. The zero-order valence-corrected chi connectivity index (χ0v) is 12.7. The maximum atomic E-state index is 12.7. The minimum absolute atomic E-state index is 0.212. The van der Waals surface area contributed by atoms with E-state index in [0.29, 0.717) is 12.0 Å². The molecule has 1 rings (SSSR count). The number of ketones is 1. The van der Waals surface area contributed by atoms with Crippen LogP contribution >= 0.6 is 0 Å². The van der Waals surface area contributed by atoms with E-state index in [1.807, 2.05) is 13.0 Å². The maximum Gasteiger partial charge on any atom is 0.317 e. The number of hydrogen-bond donors (Lipinski definition) is 0. The van der Waals surface area contributed by atoms with Crippen LogP contribution in [0.2, 0.25) is 0 Å². The van der Waals surface area contributed by atoms with Crippen LogP contribution in [0.4, 0.5) is 0 Å². The first-order chi connectivity index (χ1) is 10.1. The molecule has 0 aliphatic heterocycles. The Morgan fingerprint density at radius 3 is 2.29 bits per heavy atom. The molecule has 3 atom stereocenters. The molecule has 0 radical (unpaired) electrons. The summed E-state index contributed by atoms with van der Waals surface area (Å²) in [6, 6.07) is 8.65. The second-order valence-electron chi connectivity index (χ2n) is 5.03. The smallest absolute Gasteiger partial charge is 0.317 e. The third-order valence-corrected chi connectivity index (χ3v) is 3.67. The summed E-state index contributed by atoms with van der Waals surface area (Å²) in [5.41, 5.74) is 0.465. The Balaban J connectivity index is 3.15. The van der Waals surface area contributed by atoms with Gasteiger partial charge in [-0.1, -0.05) is 50.6 Å². The largest absolute Gasteiger partial charge is 0.465 e. The molecule has 0 heterocycles. The molecule has 3 unspecified atom stereocenters. The van der Waals surface area contributed by atoms with E-state index in [1.165, 1.54) is 0 Å². The molecular weight excluding hydrogens is 268 g/mol. The van der Waals surface area contributed by atoms with Crippen molar-refractivity contribution >= 4 is 18.0 Å². The molecule has 1 aromatic rings. The lowest BCUT2D eigenvalue weighted by Crippen LogP contribution is -2.36. The highest BCUT2D eigenvalue weighted by molar-refractivity contribution is 6.09. The standard InChI is InChI=1S/C17H22O4/c1-4-14(12(3)11-18)15(17(20)21-5-2)16(19)13-9-7-6-8-10-13/h6-12,14-15H,4-5H2,1-3H3. The first-order valence-electron chi connectivity index (χ1n) is 7.27. The third-order valence-electron chi connectivity index (χ3n) is 3.67. The van der Waals surface area contributed by atoms with Crippen molar-refractivity contribution in [2.75, 3.05) is 6.61 Å². The maximum absolute atomic E-state index is 12.7. The van der Waals surface area contributed by atoms with Crippen molar-refractivity contribution in [3.05, 3.63) is 35.9 Å². The minimum Gasteiger partial charge on any atom is -0.465 e. The van der Waals surface area contributed by atoms with E-state index in [1.54, 1.807) is 38.1 Å². The molecule has 114 valence electrons. The van der Waals surface area contributed by atoms with Gasteiger partial charge in [0.1, 0.15) is 12.2 Å². The van der Waals surface area contributed by atoms with Crippen LogP contribution in [0.5, 0.6) is 0 Å². The van der Waals surface area contributed by atoms with Gasteiger partial charge in [-0.2, -0.15) is 0 Å². The summed E-state index contributed by atoms with van der Waals surface area (Å²) in [6.07, 6.45) is 1.35. The van der Waals surface area contributed by atoms with Gasteiger partial charge in [0.2, 0.25) is 0 Å². The Labute approximate surface area is 125 Å². The topological polar surface area (TPSA) is 60.4 Å². The highest BCUT2D eigenvalue weighted by atomic mass is 16.5. The van der Waals surface area contributed by atoms with Crippen molar-refractivity contribution in [2.45, 2.75) is 27.2 Å². The predicted octanol–water partition coefficient (Wildman–Crippen LogP) is 2.91. The second kappa shape index (κ2) is 8.35. The van der Waals surface area contributed by atoms with Crippen molar-refractivity contribution in [3.63, 3.8) is 0 Å². The van der Waals surface area contributed by atoms with Gasteiger partial charge in [0, 0.05) is 11.5 Å². The summed E-state index contributed by atoms with van der Waals surface area (Å²) in [7, 11) is 0. The number of hydrogen-bond acceptors (Lipinski definition) is 4. The van der Waals surface area contributed by atoms with E-state index in [4.69, 9.17) is 4.74 Å². The molecule has 1 aromatic carbocycles. The highest BCUT2D eigenvalue weighted by Gasteiger charge is 2.38. The summed E-state index contributed by atoms with van der Waals surface area (Å²) >= 11 is 0. The summed E-state index contributed by atoms with van der Waals surface area (Å²) in [5, 5.41) is 0. The van der Waals surface area contributed by atoms with Gasteiger partial charge in [-0.15, -0.1) is 0 Å². The van der Waals surface area contributed by atoms with Crippen molar-refractivity contribution in [1.29, 1.82) is 0 Å². The molecular formula is C17H22O4. The van der Waals surface area contributed by atoms with Gasteiger partial charge >= 0.3 is 5.97 Å². The van der Waals surface area contributed by atoms with Crippen LogP contribution in [0.15, 0.2) is 30.3 Å². The van der Waals surface area contributed by atoms with Gasteiger partial charge in [-0.25, -0.2) is 0 Å². The predicted molar refractivity (Wildman–Crippen MR) is 79.9 cm³/mol. The molecule has 0 aliphatic rings. The number of Topliss-reactive ketones (excluding diaryl/α,β-unsaturated/α-hetero) is 1. The van der Waals surface area contributed by atoms with E-state index in [-0.39, 0.29) is 24.2 Å². The third kappa shape index (κ3) is 4.25. The average Bonchev–Trinajstić information content (AvgIpc) is 2.52. The van der Waals surface area contributed by atoms with Gasteiger partial charge in [0.05, 0.1) is 6.61 Å². The van der Waals surface area contributed by atoms with Gasteiger partial charge in [-0.3, -0.25) is 9.59 Å². The fourth-order valence-corrected chi connectivity index (χ4v) is 2.50. The first kappa shape index (κ1) is 17.1. The lowest BCUT2D eigenvalue weighted by molar-refractivity contribution is -0.148. The SMILES string of the molecule is CCOC(=O)C(C(=O)c1ccccc1)C(CC)C(C)C=O. The Morgan fingerprint density at radius 2 is 1.81 bits per heavy atom. The Hall–Kier alpha value is -1.97. The molecule has 0 aliphatic carbocycles.